The van der Waals surface area contributed by atoms with Crippen LogP contribution in [0.4, 0.5) is 11.4 Å². The molecule has 0 aromatic heterocycles. The molecule has 0 spiro atoms. The summed E-state index contributed by atoms with van der Waals surface area (Å²) in [6, 6.07) is 14.3. The molecule has 0 atom stereocenters. The number of unbranched alkanes of at least 4 members (excludes halogenated alkanes) is 9. The molecular weight excluding hydrogens is 412 g/mol. The molecular formula is C28H36N2O3. The molecule has 0 aliphatic heterocycles. The van der Waals surface area contributed by atoms with E-state index >= 15 is 0 Å². The van der Waals surface area contributed by atoms with Crippen molar-refractivity contribution in [2.45, 2.75) is 71.1 Å². The van der Waals surface area contributed by atoms with Crippen molar-refractivity contribution in [3.63, 3.8) is 0 Å². The molecule has 0 aliphatic carbocycles. The predicted octanol–water partition coefficient (Wildman–Crippen LogP) is 8.19. The summed E-state index contributed by atoms with van der Waals surface area (Å²) in [7, 11) is 0. The van der Waals surface area contributed by atoms with E-state index in [9.17, 15) is 4.79 Å². The number of nitrogens with zero attached hydrogens (tertiary/aromatic N) is 2. The molecule has 0 radical (unpaired) electrons. The molecule has 5 heteroatoms. The highest BCUT2D eigenvalue weighted by Crippen LogP contribution is 2.22. The molecule has 0 bridgehead atoms. The topological polar surface area (TPSA) is 60.2 Å². The second-order valence-electron chi connectivity index (χ2n) is 8.05. The van der Waals surface area contributed by atoms with Gasteiger partial charge in [-0.1, -0.05) is 70.6 Å². The van der Waals surface area contributed by atoms with Crippen LogP contribution in [-0.4, -0.2) is 19.2 Å². The summed E-state index contributed by atoms with van der Waals surface area (Å²) in [6.07, 6.45) is 18.3. The highest BCUT2D eigenvalue weighted by molar-refractivity contribution is 5.89. The maximum atomic E-state index is 11.7. The van der Waals surface area contributed by atoms with Gasteiger partial charge in [0.25, 0.3) is 0 Å². The van der Waals surface area contributed by atoms with E-state index in [0.717, 1.165) is 24.5 Å². The van der Waals surface area contributed by atoms with Gasteiger partial charge in [-0.2, -0.15) is 10.2 Å². The monoisotopic (exact) mass is 448 g/mol. The van der Waals surface area contributed by atoms with Crippen molar-refractivity contribution in [2.24, 2.45) is 10.2 Å². The molecule has 33 heavy (non-hydrogen) atoms. The zero-order chi connectivity index (χ0) is 23.6. The Morgan fingerprint density at radius 2 is 1.30 bits per heavy atom. The molecule has 0 saturated heterocycles. The number of rotatable bonds is 16. The smallest absolute Gasteiger partial charge is 0.339 e. The summed E-state index contributed by atoms with van der Waals surface area (Å²) in [5.41, 5.74) is 1.80. The Labute approximate surface area is 198 Å². The van der Waals surface area contributed by atoms with Crippen LogP contribution in [0.3, 0.4) is 0 Å². The van der Waals surface area contributed by atoms with Crippen LogP contribution in [-0.2, 0) is 4.74 Å². The molecule has 0 amide bonds. The predicted molar refractivity (Wildman–Crippen MR) is 134 cm³/mol. The van der Waals surface area contributed by atoms with Gasteiger partial charge in [-0.3, -0.25) is 0 Å². The summed E-state index contributed by atoms with van der Waals surface area (Å²) in [4.78, 5) is 11.7. The van der Waals surface area contributed by atoms with Gasteiger partial charge in [-0.15, -0.1) is 6.42 Å². The average molecular weight is 449 g/mol. The van der Waals surface area contributed by atoms with E-state index in [-0.39, 0.29) is 6.61 Å². The minimum absolute atomic E-state index is 0.0424. The van der Waals surface area contributed by atoms with Gasteiger partial charge in [0.2, 0.25) is 0 Å². The molecule has 2 aromatic carbocycles. The zero-order valence-electron chi connectivity index (χ0n) is 19.8. The van der Waals surface area contributed by atoms with E-state index in [1.165, 1.54) is 57.8 Å². The normalized spacial score (nSPS) is 10.8. The maximum absolute atomic E-state index is 11.7. The van der Waals surface area contributed by atoms with E-state index in [4.69, 9.17) is 15.9 Å². The first kappa shape index (κ1) is 26.1. The highest BCUT2D eigenvalue weighted by atomic mass is 16.5. The third kappa shape index (κ3) is 11.3. The lowest BCUT2D eigenvalue weighted by molar-refractivity contribution is 0.0557. The van der Waals surface area contributed by atoms with Crippen LogP contribution in [0.1, 0.15) is 81.5 Å². The van der Waals surface area contributed by atoms with Gasteiger partial charge in [0.05, 0.1) is 23.5 Å². The quantitative estimate of drug-likeness (QED) is 0.112. The zero-order valence-corrected chi connectivity index (χ0v) is 19.8. The van der Waals surface area contributed by atoms with Crippen molar-refractivity contribution in [3.8, 4) is 18.1 Å². The molecule has 0 unspecified atom stereocenters. The van der Waals surface area contributed by atoms with E-state index < -0.39 is 5.97 Å². The first-order valence-electron chi connectivity index (χ1n) is 12.1. The number of terminal acetylenes is 1. The lowest BCUT2D eigenvalue weighted by atomic mass is 10.1. The molecule has 2 aromatic rings. The number of hydrogen-bond donors (Lipinski definition) is 0. The van der Waals surface area contributed by atoms with Crippen molar-refractivity contribution in [1.29, 1.82) is 0 Å². The van der Waals surface area contributed by atoms with Crippen LogP contribution >= 0.6 is 0 Å². The standard InChI is InChI=1S/C28H36N2O3/c1-3-5-6-7-8-9-10-11-12-13-23-32-27-20-18-26(19-21-27)30-29-25-16-14-24(15-17-25)28(31)33-22-4-2/h2,14-21H,3,5-13,22-23H2,1H3. The first-order chi connectivity index (χ1) is 16.2. The van der Waals surface area contributed by atoms with Crippen molar-refractivity contribution >= 4 is 17.3 Å². The van der Waals surface area contributed by atoms with E-state index in [0.29, 0.717) is 11.3 Å². The number of azo groups is 1. The van der Waals surface area contributed by atoms with Crippen LogP contribution in [0.2, 0.25) is 0 Å². The van der Waals surface area contributed by atoms with Crippen LogP contribution in [0.15, 0.2) is 58.8 Å². The minimum Gasteiger partial charge on any atom is -0.494 e. The van der Waals surface area contributed by atoms with E-state index in [1.54, 1.807) is 24.3 Å². The third-order valence-electron chi connectivity index (χ3n) is 5.27. The number of ether oxygens (including phenoxy) is 2. The average Bonchev–Trinajstić information content (AvgIpc) is 2.85. The van der Waals surface area contributed by atoms with Crippen LogP contribution in [0.5, 0.6) is 5.75 Å². The lowest BCUT2D eigenvalue weighted by Crippen LogP contribution is -2.04. The number of hydrogen-bond acceptors (Lipinski definition) is 5. The first-order valence-corrected chi connectivity index (χ1v) is 12.1. The molecule has 5 nitrogen and oxygen atoms in total. The Morgan fingerprint density at radius 3 is 1.85 bits per heavy atom. The summed E-state index contributed by atoms with van der Waals surface area (Å²) in [5, 5.41) is 8.43. The van der Waals surface area contributed by atoms with Gasteiger partial charge in [0.1, 0.15) is 5.75 Å². The molecule has 0 heterocycles. The highest BCUT2D eigenvalue weighted by Gasteiger charge is 2.05. The van der Waals surface area contributed by atoms with Crippen LogP contribution in [0.25, 0.3) is 0 Å². The molecule has 2 rings (SSSR count). The van der Waals surface area contributed by atoms with Crippen molar-refractivity contribution in [1.82, 2.24) is 0 Å². The van der Waals surface area contributed by atoms with Gasteiger partial charge in [0, 0.05) is 0 Å². The third-order valence-corrected chi connectivity index (χ3v) is 5.27. The van der Waals surface area contributed by atoms with Gasteiger partial charge in [-0.05, 0) is 55.0 Å². The Bertz CT molecular complexity index is 868. The number of carbonyl (C=O) groups excluding carboxylic acids is 1. The fourth-order valence-corrected chi connectivity index (χ4v) is 3.36. The number of esters is 1. The van der Waals surface area contributed by atoms with Crippen molar-refractivity contribution in [2.75, 3.05) is 13.2 Å². The van der Waals surface area contributed by atoms with Gasteiger partial charge in [-0.25, -0.2) is 4.79 Å². The Hall–Kier alpha value is -3.13. The lowest BCUT2D eigenvalue weighted by Gasteiger charge is -2.06. The second-order valence-corrected chi connectivity index (χ2v) is 8.05. The Balaban J connectivity index is 1.62. The van der Waals surface area contributed by atoms with Gasteiger partial charge in [0.15, 0.2) is 6.61 Å². The van der Waals surface area contributed by atoms with Crippen molar-refractivity contribution in [3.05, 3.63) is 54.1 Å². The number of benzene rings is 2. The van der Waals surface area contributed by atoms with Gasteiger partial charge >= 0.3 is 5.97 Å². The summed E-state index contributed by atoms with van der Waals surface area (Å²) >= 11 is 0. The second kappa shape index (κ2) is 16.5. The summed E-state index contributed by atoms with van der Waals surface area (Å²) < 4.78 is 10.7. The summed E-state index contributed by atoms with van der Waals surface area (Å²) in [6.45, 7) is 2.96. The van der Waals surface area contributed by atoms with Crippen LogP contribution < -0.4 is 4.74 Å². The largest absolute Gasteiger partial charge is 0.494 e. The maximum Gasteiger partial charge on any atom is 0.339 e. The molecule has 0 saturated carbocycles. The van der Waals surface area contributed by atoms with Crippen LogP contribution in [0, 0.1) is 12.3 Å². The minimum atomic E-state index is -0.454. The molecule has 0 aliphatic rings. The SMILES string of the molecule is C#CCOC(=O)c1ccc(N=Nc2ccc(OCCCCCCCCCCCC)cc2)cc1. The molecule has 0 N–H and O–H groups in total. The number of carbonyl (C=O) groups is 1. The van der Waals surface area contributed by atoms with Gasteiger partial charge < -0.3 is 9.47 Å². The van der Waals surface area contributed by atoms with E-state index in [1.807, 2.05) is 24.3 Å². The molecule has 0 fully saturated rings. The fourth-order valence-electron chi connectivity index (χ4n) is 3.36. The van der Waals surface area contributed by atoms with E-state index in [2.05, 4.69) is 23.1 Å². The van der Waals surface area contributed by atoms with Crippen molar-refractivity contribution < 1.29 is 14.3 Å². The fraction of sp³-hybridized carbons (Fsp3) is 0.464. The summed E-state index contributed by atoms with van der Waals surface area (Å²) in [5.74, 6) is 2.66. The Kier molecular flexibility index (Phi) is 13.1. The molecule has 176 valence electrons. The Morgan fingerprint density at radius 1 is 0.788 bits per heavy atom.